The Morgan fingerprint density at radius 3 is 2.26 bits per heavy atom. The molecular formula is C28H24ClN3OS. The Labute approximate surface area is 209 Å². The number of hydrogen-bond donors (Lipinski definition) is 1. The molecule has 1 aliphatic heterocycles. The van der Waals surface area contributed by atoms with Gasteiger partial charge in [-0.1, -0.05) is 72.8 Å². The molecule has 0 saturated carbocycles. The largest absolute Gasteiger partial charge is 0.312 e. The summed E-state index contributed by atoms with van der Waals surface area (Å²) >= 11 is 1.53. The van der Waals surface area contributed by atoms with Crippen LogP contribution in [-0.2, 0) is 19.5 Å². The van der Waals surface area contributed by atoms with Crippen LogP contribution in [-0.4, -0.2) is 17.4 Å². The summed E-state index contributed by atoms with van der Waals surface area (Å²) in [5.41, 5.74) is 5.74. The van der Waals surface area contributed by atoms with E-state index in [1.54, 1.807) is 0 Å². The number of halogens is 1. The van der Waals surface area contributed by atoms with Gasteiger partial charge < -0.3 is 5.32 Å². The minimum Gasteiger partial charge on any atom is -0.312 e. The van der Waals surface area contributed by atoms with Crippen LogP contribution in [0.2, 0.25) is 0 Å². The molecule has 2 heterocycles. The van der Waals surface area contributed by atoms with Crippen LogP contribution >= 0.6 is 23.7 Å². The van der Waals surface area contributed by atoms with Crippen molar-refractivity contribution in [2.45, 2.75) is 19.5 Å². The second-order valence-corrected chi connectivity index (χ2v) is 9.27. The van der Waals surface area contributed by atoms with Gasteiger partial charge in [0.15, 0.2) is 0 Å². The summed E-state index contributed by atoms with van der Waals surface area (Å²) in [6.07, 6.45) is 0.823. The molecule has 3 aromatic carbocycles. The molecule has 0 bridgehead atoms. The van der Waals surface area contributed by atoms with Gasteiger partial charge in [0.25, 0.3) is 5.91 Å². The van der Waals surface area contributed by atoms with Gasteiger partial charge in [-0.25, -0.2) is 0 Å². The molecule has 0 spiro atoms. The zero-order valence-corrected chi connectivity index (χ0v) is 20.2. The van der Waals surface area contributed by atoms with Gasteiger partial charge in [-0.05, 0) is 40.8 Å². The van der Waals surface area contributed by atoms with Gasteiger partial charge in [-0.3, -0.25) is 9.69 Å². The Bertz CT molecular complexity index is 1310. The number of nitrogens with one attached hydrogen (secondary N) is 1. The van der Waals surface area contributed by atoms with E-state index in [4.69, 9.17) is 0 Å². The third kappa shape index (κ3) is 5.05. The van der Waals surface area contributed by atoms with E-state index in [1.165, 1.54) is 21.8 Å². The number of amides is 1. The van der Waals surface area contributed by atoms with Crippen molar-refractivity contribution < 1.29 is 4.79 Å². The molecule has 0 radical (unpaired) electrons. The highest BCUT2D eigenvalue weighted by molar-refractivity contribution is 7.16. The van der Waals surface area contributed by atoms with Crippen LogP contribution in [0.1, 0.15) is 31.9 Å². The van der Waals surface area contributed by atoms with E-state index in [0.717, 1.165) is 42.7 Å². The summed E-state index contributed by atoms with van der Waals surface area (Å²) < 4.78 is 0. The average molecular weight is 486 g/mol. The van der Waals surface area contributed by atoms with Crippen molar-refractivity contribution in [2.75, 3.05) is 11.9 Å². The number of hydrogen-bond acceptors (Lipinski definition) is 4. The fraction of sp³-hybridized carbons (Fsp3) is 0.143. The van der Waals surface area contributed by atoms with E-state index in [1.807, 2.05) is 60.7 Å². The number of rotatable bonds is 5. The van der Waals surface area contributed by atoms with E-state index < -0.39 is 0 Å². The molecule has 1 N–H and O–H groups in total. The minimum atomic E-state index is -0.189. The standard InChI is InChI=1S/C28H23N3OS.ClH/c29-17-25-24-15-16-31(18-20-7-3-1-4-8-20)19-26(24)33-28(25)30-27(32)23-13-11-22(12-14-23)21-9-5-2-6-10-21;/h1-14H,15-16,18-19H2,(H,30,32);1H. The molecule has 4 nitrogen and oxygen atoms in total. The molecule has 1 aliphatic rings. The van der Waals surface area contributed by atoms with Gasteiger partial charge in [0.05, 0.1) is 5.56 Å². The molecule has 1 aromatic heterocycles. The Morgan fingerprint density at radius 2 is 1.59 bits per heavy atom. The van der Waals surface area contributed by atoms with Gasteiger partial charge in [0.1, 0.15) is 11.1 Å². The number of anilines is 1. The Balaban J connectivity index is 0.00000274. The lowest BCUT2D eigenvalue weighted by Gasteiger charge is -2.26. The molecule has 170 valence electrons. The fourth-order valence-corrected chi connectivity index (χ4v) is 5.49. The second kappa shape index (κ2) is 10.7. The summed E-state index contributed by atoms with van der Waals surface area (Å²) in [5.74, 6) is -0.189. The van der Waals surface area contributed by atoms with Crippen molar-refractivity contribution in [3.05, 3.63) is 112 Å². The summed E-state index contributed by atoms with van der Waals surface area (Å²) in [5, 5.41) is 13.5. The molecule has 0 unspecified atom stereocenters. The normalized spacial score (nSPS) is 12.8. The predicted octanol–water partition coefficient (Wildman–Crippen LogP) is 6.52. The molecule has 1 amide bonds. The second-order valence-electron chi connectivity index (χ2n) is 8.16. The zero-order chi connectivity index (χ0) is 22.6. The molecule has 0 saturated heterocycles. The number of thiophene rings is 1. The van der Waals surface area contributed by atoms with Crippen molar-refractivity contribution in [3.63, 3.8) is 0 Å². The van der Waals surface area contributed by atoms with Gasteiger partial charge in [-0.2, -0.15) is 5.26 Å². The van der Waals surface area contributed by atoms with Crippen LogP contribution < -0.4 is 5.32 Å². The van der Waals surface area contributed by atoms with E-state index in [2.05, 4.69) is 40.6 Å². The first-order valence-electron chi connectivity index (χ1n) is 11.0. The Morgan fingerprint density at radius 1 is 0.941 bits per heavy atom. The maximum Gasteiger partial charge on any atom is 0.256 e. The number of fused-ring (bicyclic) bond motifs is 1. The molecular weight excluding hydrogens is 462 g/mol. The lowest BCUT2D eigenvalue weighted by molar-refractivity contribution is 0.102. The summed E-state index contributed by atoms with van der Waals surface area (Å²) in [7, 11) is 0. The van der Waals surface area contributed by atoms with Crippen molar-refractivity contribution >= 4 is 34.7 Å². The fourth-order valence-electron chi connectivity index (χ4n) is 4.26. The first kappa shape index (κ1) is 23.7. The minimum absolute atomic E-state index is 0. The van der Waals surface area contributed by atoms with E-state index in [-0.39, 0.29) is 18.3 Å². The monoisotopic (exact) mass is 485 g/mol. The van der Waals surface area contributed by atoms with E-state index in [9.17, 15) is 10.1 Å². The third-order valence-electron chi connectivity index (χ3n) is 5.98. The van der Waals surface area contributed by atoms with Crippen LogP contribution in [0, 0.1) is 11.3 Å². The Hall–Kier alpha value is -3.43. The van der Waals surface area contributed by atoms with Crippen LogP contribution in [0.4, 0.5) is 5.00 Å². The number of carbonyl (C=O) groups excluding carboxylic acids is 1. The molecule has 5 rings (SSSR count). The summed E-state index contributed by atoms with van der Waals surface area (Å²) in [4.78, 5) is 16.5. The van der Waals surface area contributed by atoms with Gasteiger partial charge in [-0.15, -0.1) is 23.7 Å². The number of benzene rings is 3. The number of carbonyl (C=O) groups is 1. The van der Waals surface area contributed by atoms with Gasteiger partial charge in [0, 0.05) is 30.1 Å². The first-order valence-corrected chi connectivity index (χ1v) is 11.8. The smallest absolute Gasteiger partial charge is 0.256 e. The SMILES string of the molecule is Cl.N#Cc1c(NC(=O)c2ccc(-c3ccccc3)cc2)sc2c1CCN(Cc1ccccc1)C2. The predicted molar refractivity (Wildman–Crippen MR) is 140 cm³/mol. The van der Waals surface area contributed by atoms with Crippen molar-refractivity contribution in [2.24, 2.45) is 0 Å². The first-order chi connectivity index (χ1) is 16.2. The van der Waals surface area contributed by atoms with Crippen molar-refractivity contribution in [1.29, 1.82) is 5.26 Å². The van der Waals surface area contributed by atoms with Crippen LogP contribution in [0.5, 0.6) is 0 Å². The quantitative estimate of drug-likeness (QED) is 0.350. The number of nitriles is 1. The van der Waals surface area contributed by atoms with Gasteiger partial charge >= 0.3 is 0 Å². The molecule has 0 aliphatic carbocycles. The third-order valence-corrected chi connectivity index (χ3v) is 7.11. The zero-order valence-electron chi connectivity index (χ0n) is 18.5. The lowest BCUT2D eigenvalue weighted by atomic mass is 10.0. The maximum absolute atomic E-state index is 12.9. The average Bonchev–Trinajstić information content (AvgIpc) is 3.21. The van der Waals surface area contributed by atoms with Crippen molar-refractivity contribution in [1.82, 2.24) is 4.90 Å². The van der Waals surface area contributed by atoms with Crippen LogP contribution in [0.15, 0.2) is 84.9 Å². The highest BCUT2D eigenvalue weighted by atomic mass is 35.5. The van der Waals surface area contributed by atoms with E-state index in [0.29, 0.717) is 16.1 Å². The summed E-state index contributed by atoms with van der Waals surface area (Å²) in [6.45, 7) is 2.59. The lowest BCUT2D eigenvalue weighted by Crippen LogP contribution is -2.29. The highest BCUT2D eigenvalue weighted by Gasteiger charge is 2.25. The van der Waals surface area contributed by atoms with Crippen LogP contribution in [0.25, 0.3) is 11.1 Å². The Kier molecular flexibility index (Phi) is 7.44. The summed E-state index contributed by atoms with van der Waals surface area (Å²) in [6, 6.07) is 30.4. The molecule has 0 atom stereocenters. The van der Waals surface area contributed by atoms with E-state index >= 15 is 0 Å². The highest BCUT2D eigenvalue weighted by Crippen LogP contribution is 2.37. The molecule has 34 heavy (non-hydrogen) atoms. The molecule has 4 aromatic rings. The molecule has 6 heteroatoms. The maximum atomic E-state index is 12.9. The topological polar surface area (TPSA) is 56.1 Å². The van der Waals surface area contributed by atoms with Gasteiger partial charge in [0.2, 0.25) is 0 Å². The van der Waals surface area contributed by atoms with Crippen molar-refractivity contribution in [3.8, 4) is 17.2 Å². The molecule has 0 fully saturated rings. The van der Waals surface area contributed by atoms with Crippen LogP contribution in [0.3, 0.4) is 0 Å². The number of nitrogens with zero attached hydrogens (tertiary/aromatic N) is 2.